The van der Waals surface area contributed by atoms with Gasteiger partial charge in [-0.3, -0.25) is 19.1 Å². The molecule has 1 amide bonds. The topological polar surface area (TPSA) is 76.9 Å². The fourth-order valence-electron chi connectivity index (χ4n) is 2.45. The number of carbonyl (C=O) groups is 1. The molecule has 25 heavy (non-hydrogen) atoms. The minimum Gasteiger partial charge on any atom is -0.356 e. The maximum Gasteiger partial charge on any atom is 0.262 e. The Morgan fingerprint density at radius 2 is 2.08 bits per heavy atom. The van der Waals surface area contributed by atoms with Gasteiger partial charge in [-0.1, -0.05) is 30.0 Å². The van der Waals surface area contributed by atoms with E-state index < -0.39 is 0 Å². The zero-order valence-electron chi connectivity index (χ0n) is 13.8. The van der Waals surface area contributed by atoms with Gasteiger partial charge in [0.1, 0.15) is 0 Å². The van der Waals surface area contributed by atoms with Crippen LogP contribution in [-0.2, 0) is 11.3 Å². The Bertz CT molecular complexity index is 941. The van der Waals surface area contributed by atoms with Gasteiger partial charge in [0.2, 0.25) is 5.91 Å². The summed E-state index contributed by atoms with van der Waals surface area (Å²) >= 11 is 1.26. The minimum absolute atomic E-state index is 0.0807. The number of nitrogens with one attached hydrogen (secondary N) is 1. The zero-order chi connectivity index (χ0) is 17.6. The van der Waals surface area contributed by atoms with E-state index in [0.29, 0.717) is 29.1 Å². The van der Waals surface area contributed by atoms with E-state index in [1.807, 2.05) is 31.2 Å². The summed E-state index contributed by atoms with van der Waals surface area (Å²) in [6, 6.07) is 11.0. The Morgan fingerprint density at radius 1 is 1.24 bits per heavy atom. The maximum atomic E-state index is 12.9. The summed E-state index contributed by atoms with van der Waals surface area (Å²) in [6.07, 6.45) is 3.41. The van der Waals surface area contributed by atoms with Crippen molar-refractivity contribution in [2.24, 2.45) is 0 Å². The van der Waals surface area contributed by atoms with E-state index >= 15 is 0 Å². The van der Waals surface area contributed by atoms with E-state index in [1.165, 1.54) is 11.8 Å². The molecule has 0 fully saturated rings. The molecule has 0 bridgehead atoms. The van der Waals surface area contributed by atoms with Crippen molar-refractivity contribution in [2.45, 2.75) is 18.6 Å². The van der Waals surface area contributed by atoms with Crippen molar-refractivity contribution in [1.29, 1.82) is 0 Å². The maximum absolute atomic E-state index is 12.9. The van der Waals surface area contributed by atoms with Crippen LogP contribution in [0.4, 0.5) is 0 Å². The normalized spacial score (nSPS) is 10.8. The molecule has 7 heteroatoms. The quantitative estimate of drug-likeness (QED) is 0.542. The number of nitrogens with zero attached hydrogens (tertiary/aromatic N) is 3. The van der Waals surface area contributed by atoms with E-state index in [9.17, 15) is 9.59 Å². The number of fused-ring (bicyclic) bond motifs is 1. The van der Waals surface area contributed by atoms with Gasteiger partial charge in [0.05, 0.1) is 23.2 Å². The van der Waals surface area contributed by atoms with Gasteiger partial charge in [0, 0.05) is 18.9 Å². The van der Waals surface area contributed by atoms with Gasteiger partial charge in [0.15, 0.2) is 5.16 Å². The summed E-state index contributed by atoms with van der Waals surface area (Å²) in [5.41, 5.74) is 1.42. The third-order valence-electron chi connectivity index (χ3n) is 3.60. The lowest BCUT2D eigenvalue weighted by Crippen LogP contribution is -2.27. The predicted octanol–water partition coefficient (Wildman–Crippen LogP) is 2.07. The number of carbonyl (C=O) groups excluding carboxylic acids is 1. The van der Waals surface area contributed by atoms with Crippen molar-refractivity contribution in [3.63, 3.8) is 0 Å². The standard InChI is InChI=1S/C18H18N4O2S/c1-2-20-16(23)12-25-18-21-15-8-4-3-7-14(15)17(24)22(18)11-13-6-5-9-19-10-13/h3-10H,2,11-12H2,1H3,(H,20,23). The highest BCUT2D eigenvalue weighted by Crippen LogP contribution is 2.18. The van der Waals surface area contributed by atoms with Crippen LogP contribution in [0.25, 0.3) is 10.9 Å². The second-order valence-corrected chi connectivity index (χ2v) is 6.35. The lowest BCUT2D eigenvalue weighted by molar-refractivity contribution is -0.118. The lowest BCUT2D eigenvalue weighted by atomic mass is 10.2. The Morgan fingerprint density at radius 3 is 2.84 bits per heavy atom. The zero-order valence-corrected chi connectivity index (χ0v) is 14.6. The summed E-state index contributed by atoms with van der Waals surface area (Å²) < 4.78 is 1.60. The molecule has 3 aromatic rings. The number of aromatic nitrogens is 3. The molecule has 6 nitrogen and oxygen atoms in total. The van der Waals surface area contributed by atoms with Crippen LogP contribution in [0, 0.1) is 0 Å². The molecule has 2 aromatic heterocycles. The first-order valence-corrected chi connectivity index (χ1v) is 8.95. The highest BCUT2D eigenvalue weighted by Gasteiger charge is 2.13. The number of benzene rings is 1. The summed E-state index contributed by atoms with van der Waals surface area (Å²) in [5, 5.41) is 3.84. The molecular formula is C18H18N4O2S. The first-order valence-electron chi connectivity index (χ1n) is 7.97. The number of rotatable bonds is 6. The fourth-order valence-corrected chi connectivity index (χ4v) is 3.28. The van der Waals surface area contributed by atoms with Crippen LogP contribution in [0.2, 0.25) is 0 Å². The van der Waals surface area contributed by atoms with Gasteiger partial charge >= 0.3 is 0 Å². The van der Waals surface area contributed by atoms with Crippen molar-refractivity contribution < 1.29 is 4.79 Å². The Kier molecular flexibility index (Phi) is 5.45. The third-order valence-corrected chi connectivity index (χ3v) is 4.57. The summed E-state index contributed by atoms with van der Waals surface area (Å²) in [4.78, 5) is 33.4. The highest BCUT2D eigenvalue weighted by atomic mass is 32.2. The Hall–Kier alpha value is -2.67. The molecule has 1 aromatic carbocycles. The molecule has 0 aliphatic heterocycles. The van der Waals surface area contributed by atoms with Crippen LogP contribution >= 0.6 is 11.8 Å². The molecule has 0 spiro atoms. The minimum atomic E-state index is -0.118. The SMILES string of the molecule is CCNC(=O)CSc1nc2ccccc2c(=O)n1Cc1cccnc1. The van der Waals surface area contributed by atoms with Crippen molar-refractivity contribution in [2.75, 3.05) is 12.3 Å². The van der Waals surface area contributed by atoms with Crippen LogP contribution < -0.4 is 10.9 Å². The molecule has 0 saturated carbocycles. The van der Waals surface area contributed by atoms with Gasteiger partial charge < -0.3 is 5.32 Å². The summed E-state index contributed by atoms with van der Waals surface area (Å²) in [7, 11) is 0. The largest absolute Gasteiger partial charge is 0.356 e. The van der Waals surface area contributed by atoms with Crippen molar-refractivity contribution in [3.8, 4) is 0 Å². The van der Waals surface area contributed by atoms with Crippen LogP contribution in [0.1, 0.15) is 12.5 Å². The Balaban J connectivity index is 2.01. The first-order chi connectivity index (χ1) is 12.2. The van der Waals surface area contributed by atoms with E-state index in [-0.39, 0.29) is 17.2 Å². The van der Waals surface area contributed by atoms with E-state index in [2.05, 4.69) is 15.3 Å². The molecule has 2 heterocycles. The summed E-state index contributed by atoms with van der Waals surface area (Å²) in [6.45, 7) is 2.81. The molecule has 3 rings (SSSR count). The molecule has 0 atom stereocenters. The molecular weight excluding hydrogens is 336 g/mol. The first kappa shape index (κ1) is 17.2. The number of hydrogen-bond acceptors (Lipinski definition) is 5. The average Bonchev–Trinajstić information content (AvgIpc) is 2.64. The van der Waals surface area contributed by atoms with Crippen LogP contribution in [0.5, 0.6) is 0 Å². The number of amides is 1. The van der Waals surface area contributed by atoms with Crippen molar-refractivity contribution >= 4 is 28.6 Å². The molecule has 0 saturated heterocycles. The molecule has 0 aliphatic carbocycles. The fraction of sp³-hybridized carbons (Fsp3) is 0.222. The van der Waals surface area contributed by atoms with Crippen molar-refractivity contribution in [1.82, 2.24) is 19.9 Å². The second kappa shape index (κ2) is 7.94. The molecule has 0 unspecified atom stereocenters. The van der Waals surface area contributed by atoms with E-state index in [1.54, 1.807) is 29.1 Å². The van der Waals surface area contributed by atoms with Crippen LogP contribution in [0.15, 0.2) is 58.7 Å². The smallest absolute Gasteiger partial charge is 0.262 e. The van der Waals surface area contributed by atoms with Gasteiger partial charge in [-0.15, -0.1) is 0 Å². The van der Waals surface area contributed by atoms with E-state index in [4.69, 9.17) is 0 Å². The molecule has 0 aliphatic rings. The van der Waals surface area contributed by atoms with Gasteiger partial charge in [-0.05, 0) is 30.7 Å². The van der Waals surface area contributed by atoms with Crippen LogP contribution in [0.3, 0.4) is 0 Å². The summed E-state index contributed by atoms with van der Waals surface area (Å²) in [5.74, 6) is 0.133. The Labute approximate surface area is 149 Å². The highest BCUT2D eigenvalue weighted by molar-refractivity contribution is 7.99. The third kappa shape index (κ3) is 4.06. The van der Waals surface area contributed by atoms with Gasteiger partial charge in [0.25, 0.3) is 5.56 Å². The number of para-hydroxylation sites is 1. The number of pyridine rings is 1. The molecule has 0 radical (unpaired) electrons. The number of hydrogen-bond donors (Lipinski definition) is 1. The number of thioether (sulfide) groups is 1. The predicted molar refractivity (Wildman–Crippen MR) is 98.7 cm³/mol. The average molecular weight is 354 g/mol. The van der Waals surface area contributed by atoms with Gasteiger partial charge in [-0.2, -0.15) is 0 Å². The monoisotopic (exact) mass is 354 g/mol. The van der Waals surface area contributed by atoms with E-state index in [0.717, 1.165) is 5.56 Å². The molecule has 128 valence electrons. The van der Waals surface area contributed by atoms with Crippen molar-refractivity contribution in [3.05, 3.63) is 64.7 Å². The van der Waals surface area contributed by atoms with Crippen LogP contribution in [-0.4, -0.2) is 32.7 Å². The lowest BCUT2D eigenvalue weighted by Gasteiger charge is -2.13. The second-order valence-electron chi connectivity index (χ2n) is 5.41. The molecule has 1 N–H and O–H groups in total. The van der Waals surface area contributed by atoms with Gasteiger partial charge in [-0.25, -0.2) is 4.98 Å².